The van der Waals surface area contributed by atoms with Gasteiger partial charge in [-0.05, 0) is 17.5 Å². The van der Waals surface area contributed by atoms with Gasteiger partial charge in [0.15, 0.2) is 6.61 Å². The molecule has 1 aliphatic heterocycles. The first kappa shape index (κ1) is 19.7. The third kappa shape index (κ3) is 4.25. The van der Waals surface area contributed by atoms with Crippen LogP contribution < -0.4 is 10.1 Å². The second-order valence-electron chi connectivity index (χ2n) is 5.89. The van der Waals surface area contributed by atoms with Crippen LogP contribution in [-0.4, -0.2) is 60.5 Å². The lowest BCUT2D eigenvalue weighted by Crippen LogP contribution is -2.38. The molecule has 146 valence electrons. The Kier molecular flexibility index (Phi) is 6.15. The number of thioether (sulfide) groups is 1. The maximum atomic E-state index is 12.4. The lowest BCUT2D eigenvalue weighted by Gasteiger charge is -2.13. The average Bonchev–Trinajstić information content (AvgIpc) is 3.03. The normalized spacial score (nSPS) is 13.7. The van der Waals surface area contributed by atoms with E-state index in [-0.39, 0.29) is 30.0 Å². The lowest BCUT2D eigenvalue weighted by molar-refractivity contribution is -0.126. The van der Waals surface area contributed by atoms with Gasteiger partial charge in [0.2, 0.25) is 5.91 Å². The first-order valence-corrected chi connectivity index (χ1v) is 9.46. The molecule has 9 heteroatoms. The van der Waals surface area contributed by atoms with Gasteiger partial charge in [0, 0.05) is 18.5 Å². The molecule has 0 bridgehead atoms. The van der Waals surface area contributed by atoms with Crippen molar-refractivity contribution < 1.29 is 28.7 Å². The molecule has 0 aromatic heterocycles. The van der Waals surface area contributed by atoms with Crippen molar-refractivity contribution in [3.63, 3.8) is 0 Å². The molecule has 0 atom stereocenters. The Labute approximate surface area is 165 Å². The summed E-state index contributed by atoms with van der Waals surface area (Å²) in [5, 5.41) is 3.63. The molecule has 8 nitrogen and oxygen atoms in total. The summed E-state index contributed by atoms with van der Waals surface area (Å²) in [7, 11) is 1.55. The zero-order valence-corrected chi connectivity index (χ0v) is 15.9. The van der Waals surface area contributed by atoms with E-state index in [2.05, 4.69) is 5.32 Å². The minimum atomic E-state index is -0.629. The van der Waals surface area contributed by atoms with E-state index in [1.807, 2.05) is 12.1 Å². The lowest BCUT2D eigenvalue weighted by atomic mass is 10.0. The van der Waals surface area contributed by atoms with Crippen LogP contribution in [0.4, 0.5) is 4.79 Å². The summed E-state index contributed by atoms with van der Waals surface area (Å²) in [5.41, 5.74) is 0.328. The Morgan fingerprint density at radius 1 is 1.14 bits per heavy atom. The summed E-state index contributed by atoms with van der Waals surface area (Å²) in [4.78, 5) is 48.3. The second-order valence-corrected chi connectivity index (χ2v) is 6.81. The summed E-state index contributed by atoms with van der Waals surface area (Å²) in [6, 6.07) is 10.5. The maximum absolute atomic E-state index is 12.4. The van der Waals surface area contributed by atoms with Crippen molar-refractivity contribution in [2.75, 3.05) is 32.6 Å². The summed E-state index contributed by atoms with van der Waals surface area (Å²) in [6.45, 7) is -0.275. The molecule has 3 rings (SSSR count). The minimum absolute atomic E-state index is 0.0907. The minimum Gasteiger partial charge on any atom is -0.496 e. The Hall–Kier alpha value is -3.07. The number of fused-ring (bicyclic) bond motifs is 1. The van der Waals surface area contributed by atoms with Gasteiger partial charge in [0.05, 0.1) is 18.4 Å². The van der Waals surface area contributed by atoms with Crippen molar-refractivity contribution in [3.05, 3.63) is 42.0 Å². The third-order valence-corrected chi connectivity index (χ3v) is 5.02. The smallest absolute Gasteiger partial charge is 0.339 e. The van der Waals surface area contributed by atoms with Gasteiger partial charge in [-0.15, -0.1) is 0 Å². The number of esters is 1. The number of nitrogens with one attached hydrogen (secondary N) is 1. The predicted molar refractivity (Wildman–Crippen MR) is 103 cm³/mol. The molecule has 0 aliphatic carbocycles. The molecule has 1 fully saturated rings. The van der Waals surface area contributed by atoms with E-state index in [4.69, 9.17) is 9.47 Å². The molecule has 1 heterocycles. The molecule has 0 saturated carbocycles. The van der Waals surface area contributed by atoms with Crippen LogP contribution in [0.25, 0.3) is 10.8 Å². The van der Waals surface area contributed by atoms with E-state index in [1.54, 1.807) is 31.4 Å². The topological polar surface area (TPSA) is 102 Å². The maximum Gasteiger partial charge on any atom is 0.339 e. The number of hydrogen-bond donors (Lipinski definition) is 1. The Bertz CT molecular complexity index is 929. The fraction of sp³-hybridized carbons (Fsp3) is 0.263. The van der Waals surface area contributed by atoms with E-state index < -0.39 is 18.5 Å². The molecule has 0 unspecified atom stereocenters. The number of imide groups is 1. The molecular formula is C19H18N2O6S. The number of carbonyl (C=O) groups excluding carboxylic acids is 4. The first-order chi connectivity index (χ1) is 13.5. The number of methoxy groups -OCH3 is 1. The molecule has 1 N–H and O–H groups in total. The van der Waals surface area contributed by atoms with Crippen molar-refractivity contribution in [1.29, 1.82) is 0 Å². The van der Waals surface area contributed by atoms with E-state index in [0.717, 1.165) is 22.0 Å². The molecule has 3 amide bonds. The van der Waals surface area contributed by atoms with Crippen molar-refractivity contribution in [2.45, 2.75) is 0 Å². The van der Waals surface area contributed by atoms with Crippen LogP contribution in [0.15, 0.2) is 36.4 Å². The molecular weight excluding hydrogens is 384 g/mol. The fourth-order valence-electron chi connectivity index (χ4n) is 2.79. The Balaban J connectivity index is 1.54. The van der Waals surface area contributed by atoms with Crippen LogP contribution in [0.3, 0.4) is 0 Å². The number of benzene rings is 2. The van der Waals surface area contributed by atoms with Gasteiger partial charge >= 0.3 is 5.97 Å². The van der Waals surface area contributed by atoms with Gasteiger partial charge in [-0.3, -0.25) is 19.3 Å². The highest BCUT2D eigenvalue weighted by molar-refractivity contribution is 8.14. The molecule has 28 heavy (non-hydrogen) atoms. The number of rotatable bonds is 7. The fourth-order valence-corrected chi connectivity index (χ4v) is 3.54. The SMILES string of the molecule is COc1ccc(C(=O)OCC(=O)NCCN2C(=O)CSC2=O)c2ccccc12. The summed E-state index contributed by atoms with van der Waals surface area (Å²) >= 11 is 0.934. The van der Waals surface area contributed by atoms with Gasteiger partial charge < -0.3 is 14.8 Å². The molecule has 1 saturated heterocycles. The zero-order valence-electron chi connectivity index (χ0n) is 15.1. The van der Waals surface area contributed by atoms with E-state index in [0.29, 0.717) is 16.7 Å². The second kappa shape index (κ2) is 8.75. The van der Waals surface area contributed by atoms with Gasteiger partial charge in [0.1, 0.15) is 5.75 Å². The quantitative estimate of drug-likeness (QED) is 0.705. The van der Waals surface area contributed by atoms with Crippen molar-refractivity contribution in [3.8, 4) is 5.75 Å². The van der Waals surface area contributed by atoms with E-state index in [9.17, 15) is 19.2 Å². The number of ether oxygens (including phenoxy) is 2. The van der Waals surface area contributed by atoms with E-state index in [1.165, 1.54) is 0 Å². The van der Waals surface area contributed by atoms with Crippen molar-refractivity contribution >= 4 is 45.6 Å². The van der Waals surface area contributed by atoms with Crippen molar-refractivity contribution in [2.24, 2.45) is 0 Å². The van der Waals surface area contributed by atoms with E-state index >= 15 is 0 Å². The number of amides is 3. The highest BCUT2D eigenvalue weighted by Crippen LogP contribution is 2.28. The average molecular weight is 402 g/mol. The van der Waals surface area contributed by atoms with Crippen LogP contribution in [0.5, 0.6) is 5.75 Å². The largest absolute Gasteiger partial charge is 0.496 e. The number of carbonyl (C=O) groups is 4. The number of hydrogen-bond acceptors (Lipinski definition) is 7. The highest BCUT2D eigenvalue weighted by Gasteiger charge is 2.29. The Morgan fingerprint density at radius 2 is 1.89 bits per heavy atom. The summed E-state index contributed by atoms with van der Waals surface area (Å²) in [5.74, 6) is -0.662. The van der Waals surface area contributed by atoms with Crippen LogP contribution in [-0.2, 0) is 14.3 Å². The molecule has 0 radical (unpaired) electrons. The van der Waals surface area contributed by atoms with Crippen LogP contribution >= 0.6 is 11.8 Å². The van der Waals surface area contributed by atoms with Gasteiger partial charge in [-0.25, -0.2) is 4.79 Å². The molecule has 0 spiro atoms. The van der Waals surface area contributed by atoms with Crippen LogP contribution in [0.2, 0.25) is 0 Å². The Morgan fingerprint density at radius 3 is 2.57 bits per heavy atom. The summed E-state index contributed by atoms with van der Waals surface area (Å²) in [6.07, 6.45) is 0. The monoisotopic (exact) mass is 402 g/mol. The van der Waals surface area contributed by atoms with Crippen LogP contribution in [0.1, 0.15) is 10.4 Å². The number of nitrogens with zero attached hydrogens (tertiary/aromatic N) is 1. The van der Waals surface area contributed by atoms with Gasteiger partial charge in [0.25, 0.3) is 11.1 Å². The zero-order chi connectivity index (χ0) is 20.1. The molecule has 2 aromatic rings. The standard InChI is InChI=1S/C19H18N2O6S/c1-26-15-7-6-14(12-4-2-3-5-13(12)15)18(24)27-10-16(22)20-8-9-21-17(23)11-28-19(21)25/h2-7H,8-11H2,1H3,(H,20,22). The summed E-state index contributed by atoms with van der Waals surface area (Å²) < 4.78 is 10.4. The highest BCUT2D eigenvalue weighted by atomic mass is 32.2. The molecule has 1 aliphatic rings. The molecule has 2 aromatic carbocycles. The third-order valence-electron chi connectivity index (χ3n) is 4.16. The predicted octanol–water partition coefficient (Wildman–Crippen LogP) is 1.82. The van der Waals surface area contributed by atoms with Gasteiger partial charge in [-0.2, -0.15) is 0 Å². The van der Waals surface area contributed by atoms with Gasteiger partial charge in [-0.1, -0.05) is 36.0 Å². The first-order valence-electron chi connectivity index (χ1n) is 8.48. The van der Waals surface area contributed by atoms with Crippen LogP contribution in [0, 0.1) is 0 Å². The van der Waals surface area contributed by atoms with Crippen molar-refractivity contribution in [1.82, 2.24) is 10.2 Å².